The van der Waals surface area contributed by atoms with Crippen LogP contribution in [0.1, 0.15) is 58.3 Å². The highest BCUT2D eigenvalue weighted by Gasteiger charge is 2.14. The molecule has 0 aromatic rings. The zero-order valence-electron chi connectivity index (χ0n) is 9.50. The van der Waals surface area contributed by atoms with E-state index in [1.807, 2.05) is 0 Å². The van der Waals surface area contributed by atoms with E-state index in [1.165, 1.54) is 51.4 Å². The summed E-state index contributed by atoms with van der Waals surface area (Å²) in [6, 6.07) is 0.435. The number of unbranched alkanes of at least 4 members (excludes halogenated alkanes) is 1. The second-order valence-electron chi connectivity index (χ2n) is 4.47. The Kier molecular flexibility index (Phi) is 6.20. The topological polar surface area (TPSA) is 35.2 Å². The van der Waals surface area contributed by atoms with Crippen LogP contribution in [0.2, 0.25) is 0 Å². The van der Waals surface area contributed by atoms with Crippen molar-refractivity contribution in [1.29, 1.82) is 0 Å². The monoisotopic (exact) mass is 199 g/mol. The predicted molar refractivity (Wildman–Crippen MR) is 60.3 cm³/mol. The van der Waals surface area contributed by atoms with E-state index >= 15 is 0 Å². The molecule has 0 spiro atoms. The van der Waals surface area contributed by atoms with E-state index in [0.29, 0.717) is 12.1 Å². The number of hydrogen-bond donors (Lipinski definition) is 1. The van der Waals surface area contributed by atoms with Crippen LogP contribution >= 0.6 is 0 Å². The Morgan fingerprint density at radius 1 is 1.36 bits per heavy atom. The summed E-state index contributed by atoms with van der Waals surface area (Å²) in [4.78, 5) is 0. The zero-order chi connectivity index (χ0) is 10.2. The van der Waals surface area contributed by atoms with Gasteiger partial charge in [0.25, 0.3) is 0 Å². The number of ether oxygens (including phenoxy) is 1. The third kappa shape index (κ3) is 4.97. The summed E-state index contributed by atoms with van der Waals surface area (Å²) in [5, 5.41) is 0. The fourth-order valence-electron chi connectivity index (χ4n) is 2.17. The quantitative estimate of drug-likeness (QED) is 0.640. The largest absolute Gasteiger partial charge is 0.378 e. The summed E-state index contributed by atoms with van der Waals surface area (Å²) in [7, 11) is 0. The van der Waals surface area contributed by atoms with Crippen molar-refractivity contribution in [1.82, 2.24) is 0 Å². The lowest BCUT2D eigenvalue weighted by Crippen LogP contribution is -2.19. The minimum Gasteiger partial charge on any atom is -0.378 e. The molecule has 2 atom stereocenters. The smallest absolute Gasteiger partial charge is 0.0576 e. The van der Waals surface area contributed by atoms with Gasteiger partial charge in [-0.15, -0.1) is 0 Å². The average Bonchev–Trinajstić information content (AvgIpc) is 2.65. The van der Waals surface area contributed by atoms with Crippen LogP contribution in [0, 0.1) is 0 Å². The lowest BCUT2D eigenvalue weighted by Gasteiger charge is -2.11. The lowest BCUT2D eigenvalue weighted by molar-refractivity contribution is 0.102. The van der Waals surface area contributed by atoms with Crippen LogP contribution in [0.15, 0.2) is 0 Å². The summed E-state index contributed by atoms with van der Waals surface area (Å²) in [6.45, 7) is 3.19. The molecule has 14 heavy (non-hydrogen) atoms. The van der Waals surface area contributed by atoms with Crippen LogP contribution in [0.3, 0.4) is 0 Å². The molecule has 0 aromatic carbocycles. The molecule has 1 heterocycles. The molecule has 2 heteroatoms. The number of nitrogens with two attached hydrogens (primary N) is 1. The molecule has 0 saturated carbocycles. The van der Waals surface area contributed by atoms with Crippen LogP contribution in [0.25, 0.3) is 0 Å². The number of hydrogen-bond acceptors (Lipinski definition) is 2. The first-order valence-corrected chi connectivity index (χ1v) is 6.20. The van der Waals surface area contributed by atoms with Crippen molar-refractivity contribution < 1.29 is 4.74 Å². The lowest BCUT2D eigenvalue weighted by atomic mass is 10.0. The number of rotatable bonds is 7. The molecule has 1 aliphatic heterocycles. The van der Waals surface area contributed by atoms with Crippen molar-refractivity contribution in [2.45, 2.75) is 70.4 Å². The third-order valence-corrected chi connectivity index (χ3v) is 3.03. The minimum absolute atomic E-state index is 0.435. The first-order chi connectivity index (χ1) is 6.83. The molecule has 0 aliphatic carbocycles. The van der Waals surface area contributed by atoms with Gasteiger partial charge in [-0.3, -0.25) is 0 Å². The van der Waals surface area contributed by atoms with Crippen molar-refractivity contribution in [3.05, 3.63) is 0 Å². The molecule has 1 fully saturated rings. The molecule has 84 valence electrons. The van der Waals surface area contributed by atoms with Crippen LogP contribution in [-0.4, -0.2) is 18.8 Å². The van der Waals surface area contributed by atoms with Gasteiger partial charge in [0.1, 0.15) is 0 Å². The summed E-state index contributed by atoms with van der Waals surface area (Å²) in [6.07, 6.45) is 10.5. The van der Waals surface area contributed by atoms with Gasteiger partial charge in [-0.2, -0.15) is 0 Å². The Balaban J connectivity index is 1.88. The molecule has 0 aromatic heterocycles. The highest BCUT2D eigenvalue weighted by Crippen LogP contribution is 2.18. The van der Waals surface area contributed by atoms with Crippen molar-refractivity contribution in [2.75, 3.05) is 6.61 Å². The first-order valence-electron chi connectivity index (χ1n) is 6.20. The highest BCUT2D eigenvalue weighted by atomic mass is 16.5. The maximum absolute atomic E-state index is 5.95. The summed E-state index contributed by atoms with van der Waals surface area (Å²) in [5.74, 6) is 0. The Hall–Kier alpha value is -0.0800. The predicted octanol–water partition coefficient (Wildman–Crippen LogP) is 2.85. The average molecular weight is 199 g/mol. The molecule has 0 radical (unpaired) electrons. The highest BCUT2D eigenvalue weighted by molar-refractivity contribution is 4.66. The second-order valence-corrected chi connectivity index (χ2v) is 4.47. The van der Waals surface area contributed by atoms with Gasteiger partial charge in [-0.1, -0.05) is 26.2 Å². The second kappa shape index (κ2) is 7.24. The van der Waals surface area contributed by atoms with Gasteiger partial charge in [0.05, 0.1) is 6.10 Å². The molecule has 1 aliphatic rings. The zero-order valence-corrected chi connectivity index (χ0v) is 9.50. The maximum atomic E-state index is 5.95. The van der Waals surface area contributed by atoms with E-state index in [2.05, 4.69) is 6.92 Å². The van der Waals surface area contributed by atoms with Crippen molar-refractivity contribution in [2.24, 2.45) is 5.73 Å². The summed E-state index contributed by atoms with van der Waals surface area (Å²) < 4.78 is 5.58. The fraction of sp³-hybridized carbons (Fsp3) is 1.00. The van der Waals surface area contributed by atoms with E-state index in [1.54, 1.807) is 0 Å². The Labute approximate surface area is 88.2 Å². The van der Waals surface area contributed by atoms with E-state index in [-0.39, 0.29) is 0 Å². The molecule has 0 amide bonds. The van der Waals surface area contributed by atoms with E-state index in [4.69, 9.17) is 10.5 Å². The van der Waals surface area contributed by atoms with E-state index in [9.17, 15) is 0 Å². The molecule has 0 bridgehead atoms. The third-order valence-electron chi connectivity index (χ3n) is 3.03. The van der Waals surface area contributed by atoms with Gasteiger partial charge in [0, 0.05) is 12.6 Å². The molecule has 1 rings (SSSR count). The molecule has 2 nitrogen and oxygen atoms in total. The molecular formula is C12H25NO. The van der Waals surface area contributed by atoms with Crippen molar-refractivity contribution in [3.8, 4) is 0 Å². The SMILES string of the molecule is CCCC(N)CCCCC1CCCO1. The summed E-state index contributed by atoms with van der Waals surface area (Å²) in [5.41, 5.74) is 5.95. The van der Waals surface area contributed by atoms with Crippen LogP contribution < -0.4 is 5.73 Å². The van der Waals surface area contributed by atoms with Crippen molar-refractivity contribution in [3.63, 3.8) is 0 Å². The van der Waals surface area contributed by atoms with E-state index in [0.717, 1.165) is 6.61 Å². The Morgan fingerprint density at radius 3 is 2.86 bits per heavy atom. The van der Waals surface area contributed by atoms with Gasteiger partial charge in [-0.25, -0.2) is 0 Å². The first kappa shape index (κ1) is 12.0. The standard InChI is InChI=1S/C12H25NO/c1-2-6-11(13)7-3-4-8-12-9-5-10-14-12/h11-12H,2-10,13H2,1H3. The normalized spacial score (nSPS) is 24.0. The molecule has 2 unspecified atom stereocenters. The Morgan fingerprint density at radius 2 is 2.21 bits per heavy atom. The van der Waals surface area contributed by atoms with Gasteiger partial charge in [0.15, 0.2) is 0 Å². The van der Waals surface area contributed by atoms with Crippen LogP contribution in [0.5, 0.6) is 0 Å². The van der Waals surface area contributed by atoms with Gasteiger partial charge >= 0.3 is 0 Å². The summed E-state index contributed by atoms with van der Waals surface area (Å²) >= 11 is 0. The molecule has 1 saturated heterocycles. The fourth-order valence-corrected chi connectivity index (χ4v) is 2.17. The molecular weight excluding hydrogens is 174 g/mol. The van der Waals surface area contributed by atoms with Crippen LogP contribution in [0.4, 0.5) is 0 Å². The maximum Gasteiger partial charge on any atom is 0.0576 e. The molecule has 2 N–H and O–H groups in total. The van der Waals surface area contributed by atoms with Crippen LogP contribution in [-0.2, 0) is 4.74 Å². The van der Waals surface area contributed by atoms with Gasteiger partial charge < -0.3 is 10.5 Å². The van der Waals surface area contributed by atoms with Gasteiger partial charge in [0.2, 0.25) is 0 Å². The van der Waals surface area contributed by atoms with E-state index < -0.39 is 0 Å². The minimum atomic E-state index is 0.435. The van der Waals surface area contributed by atoms with Gasteiger partial charge in [-0.05, 0) is 32.1 Å². The van der Waals surface area contributed by atoms with Crippen molar-refractivity contribution >= 4 is 0 Å². The Bertz CT molecular complexity index is 132.